The molecule has 1 aromatic heterocycles. The summed E-state index contributed by atoms with van der Waals surface area (Å²) in [6.07, 6.45) is 0. The summed E-state index contributed by atoms with van der Waals surface area (Å²) in [5.41, 5.74) is 3.92. The van der Waals surface area contributed by atoms with Gasteiger partial charge in [0.1, 0.15) is 11.6 Å². The van der Waals surface area contributed by atoms with Crippen molar-refractivity contribution in [3.8, 4) is 17.7 Å². The van der Waals surface area contributed by atoms with Crippen LogP contribution in [0.2, 0.25) is 0 Å². The minimum absolute atomic E-state index is 0.420. The van der Waals surface area contributed by atoms with Crippen LogP contribution >= 0.6 is 0 Å². The molecule has 90 valence electrons. The summed E-state index contributed by atoms with van der Waals surface area (Å²) >= 11 is 0. The van der Waals surface area contributed by atoms with Gasteiger partial charge in [0.25, 0.3) is 0 Å². The van der Waals surface area contributed by atoms with E-state index in [-0.39, 0.29) is 0 Å². The van der Waals surface area contributed by atoms with Crippen LogP contribution in [0.4, 0.5) is 5.82 Å². The summed E-state index contributed by atoms with van der Waals surface area (Å²) in [7, 11) is 0. The number of hydrogen-bond donors (Lipinski definition) is 2. The van der Waals surface area contributed by atoms with Gasteiger partial charge in [-0.25, -0.2) is 5.84 Å². The number of hydrazine groups is 1. The number of aryl methyl sites for hydroxylation is 1. The van der Waals surface area contributed by atoms with Crippen LogP contribution in [0.25, 0.3) is 0 Å². The quantitative estimate of drug-likeness (QED) is 0.635. The molecule has 0 spiro atoms. The number of aromatic nitrogens is 1. The number of nitrogen functional groups attached to an aromatic ring is 1. The Labute approximate surface area is 105 Å². The maximum absolute atomic E-state index is 8.85. The number of nitrogens with one attached hydrogen (secondary N) is 1. The molecule has 0 unspecified atom stereocenters. The Kier molecular flexibility index (Phi) is 3.41. The average molecular weight is 240 g/mol. The van der Waals surface area contributed by atoms with E-state index in [1.54, 1.807) is 30.3 Å². The van der Waals surface area contributed by atoms with Crippen LogP contribution in [-0.4, -0.2) is 4.98 Å². The molecule has 0 bridgehead atoms. The van der Waals surface area contributed by atoms with Crippen molar-refractivity contribution < 1.29 is 4.74 Å². The highest BCUT2D eigenvalue weighted by atomic mass is 16.5. The molecular weight excluding hydrogens is 228 g/mol. The van der Waals surface area contributed by atoms with E-state index in [4.69, 9.17) is 15.8 Å². The SMILES string of the molecule is Cc1ccc(C#N)cc1Oc1cccc(NN)n1. The van der Waals surface area contributed by atoms with E-state index in [9.17, 15) is 0 Å². The first-order chi connectivity index (χ1) is 8.72. The number of nitrogens with zero attached hydrogens (tertiary/aromatic N) is 2. The van der Waals surface area contributed by atoms with Crippen molar-refractivity contribution in [2.45, 2.75) is 6.92 Å². The number of nitriles is 1. The zero-order valence-electron chi connectivity index (χ0n) is 9.84. The first-order valence-electron chi connectivity index (χ1n) is 5.35. The lowest BCUT2D eigenvalue weighted by Gasteiger charge is -2.09. The Hall–Kier alpha value is -2.58. The predicted molar refractivity (Wildman–Crippen MR) is 68.0 cm³/mol. The highest BCUT2D eigenvalue weighted by molar-refractivity contribution is 5.44. The van der Waals surface area contributed by atoms with Gasteiger partial charge in [0.2, 0.25) is 5.88 Å². The lowest BCUT2D eigenvalue weighted by atomic mass is 10.1. The van der Waals surface area contributed by atoms with Crippen LogP contribution in [0.1, 0.15) is 11.1 Å². The van der Waals surface area contributed by atoms with Crippen LogP contribution in [-0.2, 0) is 0 Å². The van der Waals surface area contributed by atoms with Gasteiger partial charge in [-0.2, -0.15) is 10.2 Å². The van der Waals surface area contributed by atoms with Gasteiger partial charge in [-0.05, 0) is 30.7 Å². The normalized spacial score (nSPS) is 9.61. The summed E-state index contributed by atoms with van der Waals surface area (Å²) < 4.78 is 5.64. The molecule has 0 atom stereocenters. The van der Waals surface area contributed by atoms with Gasteiger partial charge >= 0.3 is 0 Å². The number of anilines is 1. The fourth-order valence-corrected chi connectivity index (χ4v) is 1.44. The maximum atomic E-state index is 8.85. The van der Waals surface area contributed by atoms with Crippen LogP contribution in [0.15, 0.2) is 36.4 Å². The second-order valence-corrected chi connectivity index (χ2v) is 3.70. The van der Waals surface area contributed by atoms with Crippen molar-refractivity contribution in [2.75, 3.05) is 5.43 Å². The lowest BCUT2D eigenvalue weighted by molar-refractivity contribution is 0.460. The van der Waals surface area contributed by atoms with Crippen LogP contribution in [0, 0.1) is 18.3 Å². The molecule has 5 nitrogen and oxygen atoms in total. The van der Waals surface area contributed by atoms with Gasteiger partial charge in [0.05, 0.1) is 11.6 Å². The fraction of sp³-hybridized carbons (Fsp3) is 0.0769. The first kappa shape index (κ1) is 11.9. The maximum Gasteiger partial charge on any atom is 0.221 e. The van der Waals surface area contributed by atoms with E-state index in [0.29, 0.717) is 23.0 Å². The summed E-state index contributed by atoms with van der Waals surface area (Å²) in [5.74, 6) is 6.82. The molecule has 0 radical (unpaired) electrons. The molecule has 18 heavy (non-hydrogen) atoms. The molecule has 1 aromatic carbocycles. The van der Waals surface area contributed by atoms with Gasteiger partial charge in [-0.3, -0.25) is 0 Å². The van der Waals surface area contributed by atoms with E-state index in [2.05, 4.69) is 16.5 Å². The number of benzene rings is 1. The van der Waals surface area contributed by atoms with Crippen molar-refractivity contribution in [2.24, 2.45) is 5.84 Å². The third-order valence-electron chi connectivity index (χ3n) is 2.40. The number of rotatable bonds is 3. The molecule has 3 N–H and O–H groups in total. The molecule has 1 heterocycles. The first-order valence-corrected chi connectivity index (χ1v) is 5.35. The molecule has 2 aromatic rings. The predicted octanol–water partition coefficient (Wildman–Crippen LogP) is 2.34. The van der Waals surface area contributed by atoms with Gasteiger partial charge in [0, 0.05) is 6.07 Å². The summed E-state index contributed by atoms with van der Waals surface area (Å²) in [6.45, 7) is 1.90. The average Bonchev–Trinajstić information content (AvgIpc) is 2.41. The van der Waals surface area contributed by atoms with Gasteiger partial charge in [-0.15, -0.1) is 0 Å². The van der Waals surface area contributed by atoms with E-state index < -0.39 is 0 Å². The number of nitrogens with two attached hydrogens (primary N) is 1. The van der Waals surface area contributed by atoms with Gasteiger partial charge < -0.3 is 10.2 Å². The molecule has 0 saturated heterocycles. The van der Waals surface area contributed by atoms with Crippen molar-refractivity contribution >= 4 is 5.82 Å². The van der Waals surface area contributed by atoms with Crippen molar-refractivity contribution in [3.63, 3.8) is 0 Å². The van der Waals surface area contributed by atoms with Crippen LogP contribution < -0.4 is 16.0 Å². The van der Waals surface area contributed by atoms with Crippen molar-refractivity contribution in [1.29, 1.82) is 5.26 Å². The number of hydrogen-bond acceptors (Lipinski definition) is 5. The zero-order chi connectivity index (χ0) is 13.0. The highest BCUT2D eigenvalue weighted by Gasteiger charge is 2.04. The topological polar surface area (TPSA) is 84.0 Å². The van der Waals surface area contributed by atoms with Crippen molar-refractivity contribution in [3.05, 3.63) is 47.5 Å². The van der Waals surface area contributed by atoms with E-state index in [1.807, 2.05) is 13.0 Å². The monoisotopic (exact) mass is 240 g/mol. The molecule has 0 aliphatic rings. The Bertz CT molecular complexity index is 604. The lowest BCUT2D eigenvalue weighted by Crippen LogP contribution is -2.08. The molecular formula is C13H12N4O. The standard InChI is InChI=1S/C13H12N4O/c1-9-5-6-10(8-14)7-11(9)18-13-4-2-3-12(16-13)17-15/h2-7H,15H2,1H3,(H,16,17). The Balaban J connectivity index is 2.30. The molecule has 0 fully saturated rings. The Morgan fingerprint density at radius 1 is 1.33 bits per heavy atom. The van der Waals surface area contributed by atoms with Crippen molar-refractivity contribution in [1.82, 2.24) is 4.98 Å². The largest absolute Gasteiger partial charge is 0.439 e. The second kappa shape index (κ2) is 5.17. The molecule has 2 rings (SSSR count). The van der Waals surface area contributed by atoms with Crippen LogP contribution in [0.5, 0.6) is 11.6 Å². The minimum atomic E-state index is 0.420. The summed E-state index contributed by atoms with van der Waals surface area (Å²) in [5, 5.41) is 8.85. The number of ether oxygens (including phenoxy) is 1. The minimum Gasteiger partial charge on any atom is -0.439 e. The Morgan fingerprint density at radius 3 is 2.89 bits per heavy atom. The van der Waals surface area contributed by atoms with E-state index >= 15 is 0 Å². The molecule has 0 saturated carbocycles. The molecule has 0 aliphatic carbocycles. The second-order valence-electron chi connectivity index (χ2n) is 3.70. The van der Waals surface area contributed by atoms with Gasteiger partial charge in [0.15, 0.2) is 0 Å². The highest BCUT2D eigenvalue weighted by Crippen LogP contribution is 2.25. The zero-order valence-corrected chi connectivity index (χ0v) is 9.84. The van der Waals surface area contributed by atoms with E-state index in [0.717, 1.165) is 5.56 Å². The fourth-order valence-electron chi connectivity index (χ4n) is 1.44. The molecule has 5 heteroatoms. The molecule has 0 aliphatic heterocycles. The Morgan fingerprint density at radius 2 is 2.17 bits per heavy atom. The number of pyridine rings is 1. The summed E-state index contributed by atoms with van der Waals surface area (Å²) in [6, 6.07) is 12.6. The third kappa shape index (κ3) is 2.56. The van der Waals surface area contributed by atoms with Gasteiger partial charge in [-0.1, -0.05) is 12.1 Å². The molecule has 0 amide bonds. The van der Waals surface area contributed by atoms with E-state index in [1.165, 1.54) is 0 Å². The third-order valence-corrected chi connectivity index (χ3v) is 2.40. The smallest absolute Gasteiger partial charge is 0.221 e. The van der Waals surface area contributed by atoms with Crippen LogP contribution in [0.3, 0.4) is 0 Å². The summed E-state index contributed by atoms with van der Waals surface area (Å²) in [4.78, 5) is 4.14.